The Balaban J connectivity index is 5.26. The second-order valence-corrected chi connectivity index (χ2v) is 24.3. The van der Waals surface area contributed by atoms with Crippen molar-refractivity contribution in [2.45, 2.75) is 328 Å². The first-order chi connectivity index (χ1) is 35.4. The zero-order chi connectivity index (χ0) is 53.6. The van der Waals surface area contributed by atoms with E-state index in [0.29, 0.717) is 17.4 Å². The highest BCUT2D eigenvalue weighted by atomic mass is 31.2. The van der Waals surface area contributed by atoms with Gasteiger partial charge in [0.05, 0.1) is 33.8 Å². The quantitative estimate of drug-likeness (QED) is 0.0212. The average Bonchev–Trinajstić information content (AvgIpc) is 3.35. The van der Waals surface area contributed by atoms with Crippen molar-refractivity contribution in [2.24, 2.45) is 0 Å². The van der Waals surface area contributed by atoms with Crippen LogP contribution in [-0.4, -0.2) is 69.4 Å². The van der Waals surface area contributed by atoms with Crippen molar-refractivity contribution in [3.63, 3.8) is 0 Å². The van der Waals surface area contributed by atoms with Gasteiger partial charge in [-0.2, -0.15) is 0 Å². The van der Waals surface area contributed by atoms with Crippen LogP contribution in [0, 0.1) is 0 Å². The van der Waals surface area contributed by atoms with Gasteiger partial charge in [0.25, 0.3) is 7.82 Å². The third kappa shape index (κ3) is 55.1. The number of phosphoric acid groups is 1. The van der Waals surface area contributed by atoms with Crippen LogP contribution in [0.15, 0.2) is 24.3 Å². The number of hydrogen-bond acceptors (Lipinski definition) is 7. The summed E-state index contributed by atoms with van der Waals surface area (Å²) in [7, 11) is 1.20. The third-order valence-electron chi connectivity index (χ3n) is 14.4. The number of hydrogen-bond donors (Lipinski definition) is 1. The lowest BCUT2D eigenvalue weighted by Crippen LogP contribution is -2.47. The van der Waals surface area contributed by atoms with Crippen LogP contribution in [-0.2, 0) is 27.9 Å². The Morgan fingerprint density at radius 3 is 1.16 bits per heavy atom. The van der Waals surface area contributed by atoms with Crippen molar-refractivity contribution in [3.8, 4) is 0 Å². The van der Waals surface area contributed by atoms with Crippen molar-refractivity contribution < 1.29 is 37.3 Å². The molecule has 0 heterocycles. The highest BCUT2D eigenvalue weighted by molar-refractivity contribution is 7.45. The van der Waals surface area contributed by atoms with E-state index < -0.39 is 20.0 Å². The Morgan fingerprint density at radius 2 is 0.795 bits per heavy atom. The number of amides is 1. The molecule has 0 saturated heterocycles. The molecule has 0 rings (SSSR count). The van der Waals surface area contributed by atoms with Crippen molar-refractivity contribution in [1.29, 1.82) is 0 Å². The van der Waals surface area contributed by atoms with E-state index in [1.807, 2.05) is 33.3 Å². The fourth-order valence-corrected chi connectivity index (χ4v) is 10.2. The van der Waals surface area contributed by atoms with E-state index in [2.05, 4.69) is 38.2 Å². The molecule has 0 aromatic heterocycles. The minimum atomic E-state index is -4.69. The van der Waals surface area contributed by atoms with Gasteiger partial charge >= 0.3 is 5.97 Å². The Hall–Kier alpha value is -1.51. The monoisotopic (exact) mass is 1050 g/mol. The Morgan fingerprint density at radius 1 is 0.466 bits per heavy atom. The van der Waals surface area contributed by atoms with Gasteiger partial charge in [-0.15, -0.1) is 0 Å². The number of unbranched alkanes of at least 4 members (excludes halogenated alkanes) is 40. The Kier molecular flexibility index (Phi) is 52.8. The maximum atomic E-state index is 13.5. The van der Waals surface area contributed by atoms with Gasteiger partial charge in [-0.05, 0) is 57.4 Å². The normalized spacial score (nSPS) is 13.8. The molecule has 1 amide bonds. The first kappa shape index (κ1) is 71.5. The molecular weight excluding hydrogens is 928 g/mol. The largest absolute Gasteiger partial charge is 0.756 e. The zero-order valence-corrected chi connectivity index (χ0v) is 50.3. The summed E-state index contributed by atoms with van der Waals surface area (Å²) in [6, 6.07) is -0.885. The number of likely N-dealkylation sites (N-methyl/N-ethyl adjacent to an activating group) is 1. The summed E-state index contributed by atoms with van der Waals surface area (Å²) < 4.78 is 30.3. The molecule has 3 unspecified atom stereocenters. The molecule has 0 aliphatic heterocycles. The lowest BCUT2D eigenvalue weighted by Gasteiger charge is -2.30. The molecule has 0 fully saturated rings. The third-order valence-corrected chi connectivity index (χ3v) is 15.3. The van der Waals surface area contributed by atoms with E-state index in [4.69, 9.17) is 13.8 Å². The van der Waals surface area contributed by atoms with E-state index in [0.717, 1.165) is 70.6 Å². The molecule has 3 atom stereocenters. The summed E-state index contributed by atoms with van der Waals surface area (Å²) in [5.41, 5.74) is 0. The molecule has 0 aliphatic rings. The van der Waals surface area contributed by atoms with E-state index in [-0.39, 0.29) is 31.5 Å². The van der Waals surface area contributed by atoms with Crippen molar-refractivity contribution in [1.82, 2.24) is 5.32 Å². The summed E-state index contributed by atoms with van der Waals surface area (Å²) in [6.07, 6.45) is 62.8. The summed E-state index contributed by atoms with van der Waals surface area (Å²) in [6.45, 7) is 6.88. The van der Waals surface area contributed by atoms with Crippen molar-refractivity contribution in [2.75, 3.05) is 40.9 Å². The van der Waals surface area contributed by atoms with Gasteiger partial charge in [0, 0.05) is 12.8 Å². The second kappa shape index (κ2) is 53.9. The van der Waals surface area contributed by atoms with Gasteiger partial charge in [0.2, 0.25) is 5.91 Å². The lowest BCUT2D eigenvalue weighted by molar-refractivity contribution is -0.870. The predicted molar refractivity (Wildman–Crippen MR) is 312 cm³/mol. The summed E-state index contributed by atoms with van der Waals surface area (Å²) in [5, 5.41) is 3.03. The summed E-state index contributed by atoms with van der Waals surface area (Å²) in [4.78, 5) is 40.0. The van der Waals surface area contributed by atoms with E-state index in [9.17, 15) is 19.0 Å². The molecule has 1 N–H and O–H groups in total. The number of esters is 1. The van der Waals surface area contributed by atoms with Gasteiger partial charge in [-0.25, -0.2) is 0 Å². The van der Waals surface area contributed by atoms with Gasteiger partial charge in [-0.3, -0.25) is 14.2 Å². The number of nitrogens with one attached hydrogen (secondary N) is 1. The molecule has 0 aromatic rings. The van der Waals surface area contributed by atoms with Crippen LogP contribution in [0.2, 0.25) is 0 Å². The molecule has 0 aromatic carbocycles. The number of phosphoric ester groups is 1. The molecule has 0 saturated carbocycles. The van der Waals surface area contributed by atoms with Crippen LogP contribution in [0.4, 0.5) is 0 Å². The molecule has 0 spiro atoms. The zero-order valence-electron chi connectivity index (χ0n) is 49.4. The van der Waals surface area contributed by atoms with E-state index in [1.165, 1.54) is 212 Å². The highest BCUT2D eigenvalue weighted by Gasteiger charge is 2.27. The van der Waals surface area contributed by atoms with Crippen LogP contribution in [0.5, 0.6) is 0 Å². The number of carbonyl (C=O) groups is 2. The Labute approximate surface area is 454 Å². The number of carbonyl (C=O) groups excluding carboxylic acids is 2. The fraction of sp³-hybridized carbons (Fsp3) is 0.905. The molecule has 0 aliphatic carbocycles. The maximum Gasteiger partial charge on any atom is 0.306 e. The van der Waals surface area contributed by atoms with E-state index in [1.54, 1.807) is 0 Å². The maximum absolute atomic E-state index is 13.5. The summed E-state index contributed by atoms with van der Waals surface area (Å²) in [5.74, 6) is -0.528. The van der Waals surface area contributed by atoms with Crippen molar-refractivity contribution >= 4 is 19.7 Å². The van der Waals surface area contributed by atoms with Gasteiger partial charge in [0.1, 0.15) is 19.3 Å². The molecule has 0 bridgehead atoms. The van der Waals surface area contributed by atoms with Gasteiger partial charge in [-0.1, -0.05) is 270 Å². The van der Waals surface area contributed by atoms with Crippen LogP contribution < -0.4 is 10.2 Å². The Bertz CT molecular complexity index is 1300. The molecule has 0 radical (unpaired) electrons. The summed E-state index contributed by atoms with van der Waals surface area (Å²) >= 11 is 0. The van der Waals surface area contributed by atoms with Crippen LogP contribution >= 0.6 is 7.82 Å². The minimum absolute atomic E-state index is 0.0195. The molecule has 9 nitrogen and oxygen atoms in total. The smallest absolute Gasteiger partial charge is 0.306 e. The van der Waals surface area contributed by atoms with E-state index >= 15 is 0 Å². The standard InChI is InChI=1S/C63H123N2O7P/c1-7-10-13-16-19-22-25-28-30-32-34-37-40-43-46-49-52-55-62(66)64-60(59-71-73(68,69)70-58-57-65(4,5)6)61(54-51-48-45-42-39-36-27-24-21-18-15-12-9-3)72-63(67)56-53-50-47-44-41-38-35-33-31-29-26-23-20-17-14-11-8-2/h28,30,51,54,60-61H,7-27,29,31-50,52-53,55-59H2,1-6H3,(H-,64,66,68,69)/b30-28+,54-51+. The second-order valence-electron chi connectivity index (χ2n) is 22.9. The van der Waals surface area contributed by atoms with Crippen molar-refractivity contribution in [3.05, 3.63) is 24.3 Å². The van der Waals surface area contributed by atoms with Crippen LogP contribution in [0.1, 0.15) is 316 Å². The van der Waals surface area contributed by atoms with Gasteiger partial charge in [0.15, 0.2) is 0 Å². The predicted octanol–water partition coefficient (Wildman–Crippen LogP) is 18.7. The van der Waals surface area contributed by atoms with Gasteiger partial charge < -0.3 is 28.5 Å². The number of nitrogens with zero attached hydrogens (tertiary/aromatic N) is 1. The molecule has 432 valence electrons. The number of quaternary nitrogens is 1. The highest BCUT2D eigenvalue weighted by Crippen LogP contribution is 2.38. The number of ether oxygens (including phenoxy) is 1. The molecule has 10 heteroatoms. The van der Waals surface area contributed by atoms with Crippen LogP contribution in [0.25, 0.3) is 0 Å². The molecular formula is C63H123N2O7P. The van der Waals surface area contributed by atoms with Crippen LogP contribution in [0.3, 0.4) is 0 Å². The SMILES string of the molecule is CCCCCCCC/C=C/CCCCCCCCCC(=O)NC(COP(=O)([O-])OCC[N+](C)(C)C)C(/C=C/CCCCCCCCCCCCC)OC(=O)CCCCCCCCCCCCCCCCCCC. The fourth-order valence-electron chi connectivity index (χ4n) is 9.46. The number of allylic oxidation sites excluding steroid dienone is 3. The average molecular weight is 1050 g/mol. The minimum Gasteiger partial charge on any atom is -0.756 e. The first-order valence-corrected chi connectivity index (χ1v) is 33.1. The lowest BCUT2D eigenvalue weighted by atomic mass is 10.0. The number of rotatable bonds is 58. The first-order valence-electron chi connectivity index (χ1n) is 31.6. The topological polar surface area (TPSA) is 114 Å². The molecule has 73 heavy (non-hydrogen) atoms.